The predicted molar refractivity (Wildman–Crippen MR) is 130 cm³/mol. The maximum atomic E-state index is 13.9. The number of carbonyl (C=O) groups is 3. The van der Waals surface area contributed by atoms with Gasteiger partial charge in [0.2, 0.25) is 5.91 Å². The van der Waals surface area contributed by atoms with Gasteiger partial charge in [0.15, 0.2) is 5.54 Å². The second-order valence-corrected chi connectivity index (χ2v) is 10.1. The van der Waals surface area contributed by atoms with Crippen molar-refractivity contribution in [1.29, 1.82) is 0 Å². The second kappa shape index (κ2) is 10.5. The van der Waals surface area contributed by atoms with Crippen LogP contribution in [-0.4, -0.2) is 51.3 Å². The lowest BCUT2D eigenvalue weighted by Crippen LogP contribution is -2.63. The van der Waals surface area contributed by atoms with Crippen LogP contribution in [0.15, 0.2) is 60.7 Å². The van der Waals surface area contributed by atoms with E-state index in [-0.39, 0.29) is 19.8 Å². The zero-order valence-corrected chi connectivity index (χ0v) is 20.7. The highest BCUT2D eigenvalue weighted by molar-refractivity contribution is 5.96. The Labute approximate surface area is 206 Å². The number of aliphatic carboxylic acids is 1. The summed E-state index contributed by atoms with van der Waals surface area (Å²) in [5, 5.41) is 12.9. The summed E-state index contributed by atoms with van der Waals surface area (Å²) in [7, 11) is 0. The van der Waals surface area contributed by atoms with Crippen LogP contribution in [0.4, 0.5) is 4.79 Å². The zero-order chi connectivity index (χ0) is 25.7. The third-order valence-corrected chi connectivity index (χ3v) is 5.98. The Morgan fingerprint density at radius 3 is 1.97 bits per heavy atom. The van der Waals surface area contributed by atoms with E-state index in [4.69, 9.17) is 9.47 Å². The third-order valence-electron chi connectivity index (χ3n) is 5.98. The fourth-order valence-corrected chi connectivity index (χ4v) is 3.58. The monoisotopic (exact) mass is 482 g/mol. The average molecular weight is 483 g/mol. The van der Waals surface area contributed by atoms with Gasteiger partial charge in [-0.2, -0.15) is 0 Å². The molecule has 8 nitrogen and oxygen atoms in total. The molecule has 1 saturated carbocycles. The molecular formula is C27H34N2O6. The van der Waals surface area contributed by atoms with E-state index in [1.165, 1.54) is 11.8 Å². The highest BCUT2D eigenvalue weighted by Gasteiger charge is 2.57. The maximum Gasteiger partial charge on any atom is 0.408 e. The van der Waals surface area contributed by atoms with E-state index in [0.29, 0.717) is 12.8 Å². The van der Waals surface area contributed by atoms with Gasteiger partial charge in [-0.25, -0.2) is 9.59 Å². The molecule has 0 aromatic heterocycles. The van der Waals surface area contributed by atoms with Gasteiger partial charge in [0.25, 0.3) is 0 Å². The van der Waals surface area contributed by atoms with Crippen LogP contribution in [0.1, 0.15) is 51.7 Å². The molecule has 8 heteroatoms. The van der Waals surface area contributed by atoms with Crippen LogP contribution in [0, 0.1) is 0 Å². The van der Waals surface area contributed by atoms with Crippen molar-refractivity contribution in [2.45, 2.75) is 70.4 Å². The summed E-state index contributed by atoms with van der Waals surface area (Å²) in [4.78, 5) is 40.2. The molecule has 2 aromatic carbocycles. The number of carbonyl (C=O) groups excluding carboxylic acids is 2. The van der Waals surface area contributed by atoms with Gasteiger partial charge >= 0.3 is 12.1 Å². The van der Waals surface area contributed by atoms with Gasteiger partial charge in [-0.15, -0.1) is 0 Å². The molecule has 35 heavy (non-hydrogen) atoms. The molecule has 1 fully saturated rings. The number of carboxylic acid groups (broad SMARTS) is 1. The van der Waals surface area contributed by atoms with E-state index >= 15 is 0 Å². The SMILES string of the molecule is CC(C)(C)OCC(C)(C(=O)O)N(Cc1ccccc1)C(=O)C1(NC(=O)OCc2ccccc2)CC1. The molecular weight excluding hydrogens is 448 g/mol. The number of alkyl carbamates (subject to hydrolysis) is 1. The number of ether oxygens (including phenoxy) is 2. The lowest BCUT2D eigenvalue weighted by atomic mass is 9.97. The lowest BCUT2D eigenvalue weighted by Gasteiger charge is -2.41. The molecule has 3 rings (SSSR count). The minimum atomic E-state index is -1.66. The smallest absolute Gasteiger partial charge is 0.408 e. The van der Waals surface area contributed by atoms with Gasteiger partial charge in [-0.05, 0) is 51.7 Å². The minimum absolute atomic E-state index is 0.0540. The number of nitrogens with one attached hydrogen (secondary N) is 1. The van der Waals surface area contributed by atoms with Gasteiger partial charge in [0.1, 0.15) is 12.1 Å². The molecule has 188 valence electrons. The fourth-order valence-electron chi connectivity index (χ4n) is 3.58. The molecule has 0 aliphatic heterocycles. The molecule has 0 radical (unpaired) electrons. The van der Waals surface area contributed by atoms with Crippen LogP contribution in [0.3, 0.4) is 0 Å². The Bertz CT molecular complexity index is 1030. The summed E-state index contributed by atoms with van der Waals surface area (Å²) in [5.41, 5.74) is -1.88. The Morgan fingerprint density at radius 1 is 0.943 bits per heavy atom. The molecule has 2 aromatic rings. The Kier molecular flexibility index (Phi) is 7.85. The first-order valence-corrected chi connectivity index (χ1v) is 11.7. The number of amides is 2. The largest absolute Gasteiger partial charge is 0.479 e. The highest BCUT2D eigenvalue weighted by atomic mass is 16.5. The normalized spacial score (nSPS) is 16.0. The minimum Gasteiger partial charge on any atom is -0.479 e. The molecule has 0 saturated heterocycles. The van der Waals surface area contributed by atoms with Crippen molar-refractivity contribution in [3.05, 3.63) is 71.8 Å². The fraction of sp³-hybridized carbons (Fsp3) is 0.444. The first-order chi connectivity index (χ1) is 16.5. The Hall–Kier alpha value is -3.39. The molecule has 2 amide bonds. The van der Waals surface area contributed by atoms with Gasteiger partial charge in [0.05, 0.1) is 12.2 Å². The number of hydrogen-bond donors (Lipinski definition) is 2. The van der Waals surface area contributed by atoms with Crippen molar-refractivity contribution in [2.75, 3.05) is 6.61 Å². The second-order valence-electron chi connectivity index (χ2n) is 10.1. The highest BCUT2D eigenvalue weighted by Crippen LogP contribution is 2.40. The number of hydrogen-bond acceptors (Lipinski definition) is 5. The first-order valence-electron chi connectivity index (χ1n) is 11.7. The van der Waals surface area contributed by atoms with Crippen LogP contribution in [-0.2, 0) is 32.2 Å². The van der Waals surface area contributed by atoms with E-state index in [1.54, 1.807) is 0 Å². The summed E-state index contributed by atoms with van der Waals surface area (Å²) in [6.45, 7) is 6.86. The molecule has 2 N–H and O–H groups in total. The van der Waals surface area contributed by atoms with Gasteiger partial charge in [-0.1, -0.05) is 60.7 Å². The zero-order valence-electron chi connectivity index (χ0n) is 20.7. The van der Waals surface area contributed by atoms with E-state index < -0.39 is 34.6 Å². The molecule has 1 aliphatic rings. The van der Waals surface area contributed by atoms with Gasteiger partial charge in [0, 0.05) is 6.54 Å². The van der Waals surface area contributed by atoms with Crippen LogP contribution in [0.25, 0.3) is 0 Å². The summed E-state index contributed by atoms with van der Waals surface area (Å²) < 4.78 is 11.2. The Balaban J connectivity index is 1.82. The van der Waals surface area contributed by atoms with E-state index in [1.807, 2.05) is 81.4 Å². The van der Waals surface area contributed by atoms with E-state index in [9.17, 15) is 19.5 Å². The number of carboxylic acids is 1. The summed E-state index contributed by atoms with van der Waals surface area (Å²) in [5.74, 6) is -1.66. The molecule has 1 unspecified atom stereocenters. The van der Waals surface area contributed by atoms with Crippen LogP contribution in [0.5, 0.6) is 0 Å². The molecule has 0 spiro atoms. The van der Waals surface area contributed by atoms with Crippen LogP contribution in [0.2, 0.25) is 0 Å². The number of rotatable bonds is 10. The molecule has 0 bridgehead atoms. The van der Waals surface area contributed by atoms with Gasteiger partial charge in [-0.3, -0.25) is 4.79 Å². The van der Waals surface area contributed by atoms with Crippen molar-refractivity contribution in [2.24, 2.45) is 0 Å². The van der Waals surface area contributed by atoms with Crippen LogP contribution < -0.4 is 5.32 Å². The van der Waals surface area contributed by atoms with Crippen molar-refractivity contribution in [3.8, 4) is 0 Å². The molecule has 1 aliphatic carbocycles. The van der Waals surface area contributed by atoms with Crippen LogP contribution >= 0.6 is 0 Å². The topological polar surface area (TPSA) is 105 Å². The van der Waals surface area contributed by atoms with Crippen molar-refractivity contribution in [1.82, 2.24) is 10.2 Å². The van der Waals surface area contributed by atoms with Crippen molar-refractivity contribution >= 4 is 18.0 Å². The average Bonchev–Trinajstić information content (AvgIpc) is 3.60. The number of benzene rings is 2. The standard InChI is InChI=1S/C27H34N2O6/c1-25(2,3)35-19-26(4,23(31)32)29(17-20-11-7-5-8-12-20)22(30)27(15-16-27)28-24(33)34-18-21-13-9-6-10-14-21/h5-14H,15-19H2,1-4H3,(H,28,33)(H,31,32). The lowest BCUT2D eigenvalue weighted by molar-refractivity contribution is -0.169. The first kappa shape index (κ1) is 26.2. The molecule has 0 heterocycles. The predicted octanol–water partition coefficient (Wildman–Crippen LogP) is 4.13. The maximum absolute atomic E-state index is 13.9. The molecule has 1 atom stereocenters. The van der Waals surface area contributed by atoms with Crippen molar-refractivity contribution in [3.63, 3.8) is 0 Å². The van der Waals surface area contributed by atoms with Crippen molar-refractivity contribution < 1.29 is 29.0 Å². The van der Waals surface area contributed by atoms with E-state index in [0.717, 1.165) is 11.1 Å². The van der Waals surface area contributed by atoms with Gasteiger partial charge < -0.3 is 24.8 Å². The third kappa shape index (κ3) is 6.82. The quantitative estimate of drug-likeness (QED) is 0.528. The summed E-state index contributed by atoms with van der Waals surface area (Å²) in [6.07, 6.45) is 0.0724. The number of nitrogens with zero attached hydrogens (tertiary/aromatic N) is 1. The van der Waals surface area contributed by atoms with E-state index in [2.05, 4.69) is 5.32 Å². The summed E-state index contributed by atoms with van der Waals surface area (Å²) >= 11 is 0. The summed E-state index contributed by atoms with van der Waals surface area (Å²) in [6, 6.07) is 18.4. The Morgan fingerprint density at radius 2 is 1.49 bits per heavy atom.